The number of ether oxygens (including phenoxy) is 2. The highest BCUT2D eigenvalue weighted by atomic mass is 16.6. The van der Waals surface area contributed by atoms with Gasteiger partial charge in [0.05, 0.1) is 0 Å². The summed E-state index contributed by atoms with van der Waals surface area (Å²) in [4.78, 5) is 19.2. The van der Waals surface area contributed by atoms with Gasteiger partial charge in [-0.1, -0.05) is 13.0 Å². The van der Waals surface area contributed by atoms with Crippen molar-refractivity contribution in [3.05, 3.63) is 54.4 Å². The highest BCUT2D eigenvalue weighted by Crippen LogP contribution is 2.33. The Morgan fingerprint density at radius 1 is 1.19 bits per heavy atom. The van der Waals surface area contributed by atoms with Crippen molar-refractivity contribution in [1.82, 2.24) is 14.5 Å². The summed E-state index contributed by atoms with van der Waals surface area (Å²) in [5.74, 6) is 1.38. The number of hydrogen-bond acceptors (Lipinski definition) is 4. The average molecular weight is 418 g/mol. The van der Waals surface area contributed by atoms with Crippen molar-refractivity contribution in [1.29, 1.82) is 0 Å². The number of benzene rings is 1. The van der Waals surface area contributed by atoms with E-state index in [0.29, 0.717) is 43.5 Å². The number of pyridine rings is 1. The molecular weight excluding hydrogens is 392 g/mol. The SMILES string of the molecule is CCCn1cc(C2=CCN(C(=O)Nc3ccc4c(c3)OCCO4)CC2)c2cccnc21. The summed E-state index contributed by atoms with van der Waals surface area (Å²) in [7, 11) is 0. The van der Waals surface area contributed by atoms with Crippen LogP contribution in [0.25, 0.3) is 16.6 Å². The van der Waals surface area contributed by atoms with Crippen LogP contribution in [-0.2, 0) is 6.54 Å². The minimum absolute atomic E-state index is 0.109. The van der Waals surface area contributed by atoms with Crippen LogP contribution in [0, 0.1) is 0 Å². The molecule has 2 aromatic heterocycles. The molecule has 2 aliphatic rings. The Morgan fingerprint density at radius 3 is 2.87 bits per heavy atom. The third-order valence-electron chi connectivity index (χ3n) is 5.73. The summed E-state index contributed by atoms with van der Waals surface area (Å²) >= 11 is 0. The second kappa shape index (κ2) is 8.34. The molecule has 0 spiro atoms. The van der Waals surface area contributed by atoms with Gasteiger partial charge in [0.2, 0.25) is 0 Å². The molecule has 1 N–H and O–H groups in total. The Labute approximate surface area is 181 Å². The number of urea groups is 1. The second-order valence-electron chi connectivity index (χ2n) is 7.82. The van der Waals surface area contributed by atoms with Gasteiger partial charge in [-0.3, -0.25) is 0 Å². The van der Waals surface area contributed by atoms with E-state index in [-0.39, 0.29) is 6.03 Å². The van der Waals surface area contributed by atoms with Gasteiger partial charge in [0.25, 0.3) is 0 Å². The van der Waals surface area contributed by atoms with Crippen molar-refractivity contribution >= 4 is 28.3 Å². The molecule has 5 rings (SSSR count). The molecule has 160 valence electrons. The van der Waals surface area contributed by atoms with Crippen molar-refractivity contribution in [2.24, 2.45) is 0 Å². The fourth-order valence-electron chi connectivity index (χ4n) is 4.21. The first-order valence-electron chi connectivity index (χ1n) is 10.8. The highest BCUT2D eigenvalue weighted by molar-refractivity contribution is 5.93. The summed E-state index contributed by atoms with van der Waals surface area (Å²) < 4.78 is 13.4. The number of rotatable bonds is 4. The van der Waals surface area contributed by atoms with Crippen LogP contribution in [0.1, 0.15) is 25.3 Å². The van der Waals surface area contributed by atoms with E-state index in [4.69, 9.17) is 9.47 Å². The van der Waals surface area contributed by atoms with Crippen LogP contribution in [-0.4, -0.2) is 46.8 Å². The van der Waals surface area contributed by atoms with Crippen LogP contribution in [0.15, 0.2) is 48.8 Å². The molecule has 7 heteroatoms. The molecule has 0 bridgehead atoms. The second-order valence-corrected chi connectivity index (χ2v) is 7.82. The Kier molecular flexibility index (Phi) is 5.24. The number of nitrogens with one attached hydrogen (secondary N) is 1. The van der Waals surface area contributed by atoms with E-state index in [1.807, 2.05) is 35.4 Å². The van der Waals surface area contributed by atoms with Crippen molar-refractivity contribution in [3.8, 4) is 11.5 Å². The molecule has 2 aliphatic heterocycles. The normalized spacial score (nSPS) is 15.6. The van der Waals surface area contributed by atoms with Gasteiger partial charge < -0.3 is 24.3 Å². The van der Waals surface area contributed by atoms with Crippen LogP contribution >= 0.6 is 0 Å². The maximum atomic E-state index is 12.8. The number of aryl methyl sites for hydroxylation is 1. The summed E-state index contributed by atoms with van der Waals surface area (Å²) in [5.41, 5.74) is 4.23. The summed E-state index contributed by atoms with van der Waals surface area (Å²) in [6, 6.07) is 9.49. The first-order chi connectivity index (χ1) is 15.2. The zero-order valence-corrected chi connectivity index (χ0v) is 17.6. The number of amides is 2. The van der Waals surface area contributed by atoms with Crippen LogP contribution in [0.4, 0.5) is 10.5 Å². The van der Waals surface area contributed by atoms with E-state index < -0.39 is 0 Å². The lowest BCUT2D eigenvalue weighted by Gasteiger charge is -2.27. The van der Waals surface area contributed by atoms with E-state index in [0.717, 1.165) is 25.0 Å². The molecule has 7 nitrogen and oxygen atoms in total. The fourth-order valence-corrected chi connectivity index (χ4v) is 4.21. The average Bonchev–Trinajstić information content (AvgIpc) is 3.18. The van der Waals surface area contributed by atoms with E-state index in [1.54, 1.807) is 0 Å². The number of anilines is 1. The summed E-state index contributed by atoms with van der Waals surface area (Å²) in [5, 5.41) is 4.15. The number of aromatic nitrogens is 2. The van der Waals surface area contributed by atoms with Crippen LogP contribution < -0.4 is 14.8 Å². The van der Waals surface area contributed by atoms with Gasteiger partial charge in [-0.05, 0) is 42.7 Å². The molecule has 3 aromatic rings. The van der Waals surface area contributed by atoms with E-state index >= 15 is 0 Å². The number of carbonyl (C=O) groups is 1. The predicted octanol–water partition coefficient (Wildman–Crippen LogP) is 4.54. The molecule has 2 amide bonds. The third kappa shape index (κ3) is 3.83. The molecule has 4 heterocycles. The van der Waals surface area contributed by atoms with Gasteiger partial charge in [0.15, 0.2) is 11.5 Å². The first-order valence-corrected chi connectivity index (χ1v) is 10.8. The first kappa shape index (κ1) is 19.5. The molecule has 0 radical (unpaired) electrons. The molecule has 0 aliphatic carbocycles. The number of nitrogens with zero attached hydrogens (tertiary/aromatic N) is 3. The fraction of sp³-hybridized carbons (Fsp3) is 0.333. The lowest BCUT2D eigenvalue weighted by Crippen LogP contribution is -2.37. The number of carbonyl (C=O) groups excluding carboxylic acids is 1. The molecule has 31 heavy (non-hydrogen) atoms. The van der Waals surface area contributed by atoms with E-state index in [1.165, 1.54) is 16.5 Å². The van der Waals surface area contributed by atoms with Gasteiger partial charge in [0.1, 0.15) is 18.9 Å². The Hall–Kier alpha value is -3.48. The Morgan fingerprint density at radius 2 is 2.06 bits per heavy atom. The minimum atomic E-state index is -0.109. The van der Waals surface area contributed by atoms with Crippen molar-refractivity contribution in [2.45, 2.75) is 26.3 Å². The minimum Gasteiger partial charge on any atom is -0.486 e. The monoisotopic (exact) mass is 418 g/mol. The molecule has 0 atom stereocenters. The van der Waals surface area contributed by atoms with Gasteiger partial charge in [-0.15, -0.1) is 0 Å². The Bertz CT molecular complexity index is 1150. The topological polar surface area (TPSA) is 68.6 Å². The summed E-state index contributed by atoms with van der Waals surface area (Å²) in [6.45, 7) is 5.44. The standard InChI is InChI=1S/C24H26N4O3/c1-2-10-28-16-20(19-4-3-9-25-23(19)28)17-7-11-27(12-8-17)24(29)26-18-5-6-21-22(15-18)31-14-13-30-21/h3-7,9,15-16H,2,8,10-14H2,1H3,(H,26,29). The largest absolute Gasteiger partial charge is 0.486 e. The van der Waals surface area contributed by atoms with Crippen LogP contribution in [0.3, 0.4) is 0 Å². The van der Waals surface area contributed by atoms with Gasteiger partial charge in [-0.25, -0.2) is 9.78 Å². The lowest BCUT2D eigenvalue weighted by atomic mass is 10.00. The highest BCUT2D eigenvalue weighted by Gasteiger charge is 2.21. The van der Waals surface area contributed by atoms with Gasteiger partial charge in [0, 0.05) is 54.7 Å². The zero-order valence-electron chi connectivity index (χ0n) is 17.6. The molecular formula is C24H26N4O3. The lowest BCUT2D eigenvalue weighted by molar-refractivity contribution is 0.171. The Balaban J connectivity index is 1.30. The smallest absolute Gasteiger partial charge is 0.322 e. The van der Waals surface area contributed by atoms with Crippen LogP contribution in [0.5, 0.6) is 11.5 Å². The number of hydrogen-bond donors (Lipinski definition) is 1. The number of fused-ring (bicyclic) bond motifs is 2. The van der Waals surface area contributed by atoms with Gasteiger partial charge in [-0.2, -0.15) is 0 Å². The van der Waals surface area contributed by atoms with Crippen molar-refractivity contribution in [2.75, 3.05) is 31.6 Å². The molecule has 0 fully saturated rings. The molecule has 1 aromatic carbocycles. The van der Waals surface area contributed by atoms with Gasteiger partial charge >= 0.3 is 6.03 Å². The maximum absolute atomic E-state index is 12.8. The van der Waals surface area contributed by atoms with E-state index in [2.05, 4.69) is 40.1 Å². The maximum Gasteiger partial charge on any atom is 0.322 e. The quantitative estimate of drug-likeness (QED) is 0.676. The van der Waals surface area contributed by atoms with Crippen molar-refractivity contribution in [3.63, 3.8) is 0 Å². The molecule has 0 saturated carbocycles. The van der Waals surface area contributed by atoms with Crippen LogP contribution in [0.2, 0.25) is 0 Å². The zero-order chi connectivity index (χ0) is 21.2. The third-order valence-corrected chi connectivity index (χ3v) is 5.73. The molecule has 0 unspecified atom stereocenters. The van der Waals surface area contributed by atoms with Crippen molar-refractivity contribution < 1.29 is 14.3 Å². The van der Waals surface area contributed by atoms with E-state index in [9.17, 15) is 4.79 Å². The summed E-state index contributed by atoms with van der Waals surface area (Å²) in [6.07, 6.45) is 8.08. The predicted molar refractivity (Wildman–Crippen MR) is 121 cm³/mol. The molecule has 0 saturated heterocycles.